The van der Waals surface area contributed by atoms with Crippen LogP contribution < -0.4 is 0 Å². The van der Waals surface area contributed by atoms with Crippen LogP contribution in [0.4, 0.5) is 0 Å². The Morgan fingerprint density at radius 2 is 1.83 bits per heavy atom. The van der Waals surface area contributed by atoms with E-state index in [1.54, 1.807) is 0 Å². The quantitative estimate of drug-likeness (QED) is 0.654. The summed E-state index contributed by atoms with van der Waals surface area (Å²) in [6.45, 7) is 11.1. The van der Waals surface area contributed by atoms with Gasteiger partial charge in [-0.2, -0.15) is 0 Å². The van der Waals surface area contributed by atoms with Gasteiger partial charge in [-0.1, -0.05) is 24.9 Å². The van der Waals surface area contributed by atoms with Crippen molar-refractivity contribution in [1.82, 2.24) is 15.0 Å². The van der Waals surface area contributed by atoms with Gasteiger partial charge in [-0.3, -0.25) is 4.68 Å². The largest absolute Gasteiger partial charge is 0.252 e. The van der Waals surface area contributed by atoms with E-state index in [9.17, 15) is 0 Å². The summed E-state index contributed by atoms with van der Waals surface area (Å²) in [5.41, 5.74) is 2.26. The fourth-order valence-corrected chi connectivity index (χ4v) is 2.25. The second-order valence-corrected chi connectivity index (χ2v) is 9.92. The minimum atomic E-state index is -1.06. The lowest BCUT2D eigenvalue weighted by Gasteiger charge is -2.15. The van der Waals surface area contributed by atoms with Crippen molar-refractivity contribution in [3.05, 3.63) is 11.4 Å². The molecule has 0 atom stereocenters. The van der Waals surface area contributed by atoms with Crippen molar-refractivity contribution in [2.75, 3.05) is 0 Å². The maximum atomic E-state index is 4.10. The van der Waals surface area contributed by atoms with E-state index in [1.807, 2.05) is 11.6 Å². The van der Waals surface area contributed by atoms with Crippen LogP contribution in [0, 0.1) is 13.8 Å². The molecule has 3 nitrogen and oxygen atoms in total. The zero-order valence-corrected chi connectivity index (χ0v) is 9.55. The number of aryl methyl sites for hydroxylation is 1. The zero-order valence-electron chi connectivity index (χ0n) is 8.55. The average Bonchev–Trinajstić information content (AvgIpc) is 2.16. The SMILES string of the molecule is Cc1nnn(C[Si](C)(C)C)c1C. The lowest BCUT2D eigenvalue weighted by atomic mass is 10.4. The van der Waals surface area contributed by atoms with Crippen molar-refractivity contribution in [2.45, 2.75) is 39.7 Å². The first-order valence-electron chi connectivity index (χ1n) is 4.27. The van der Waals surface area contributed by atoms with Crippen LogP contribution in [0.15, 0.2) is 0 Å². The first kappa shape index (κ1) is 9.44. The first-order valence-corrected chi connectivity index (χ1v) is 7.97. The molecule has 12 heavy (non-hydrogen) atoms. The number of hydrogen-bond donors (Lipinski definition) is 0. The molecule has 0 aromatic carbocycles. The van der Waals surface area contributed by atoms with Crippen LogP contribution in [-0.2, 0) is 6.17 Å². The summed E-state index contributed by atoms with van der Waals surface area (Å²) in [6.07, 6.45) is 1.07. The van der Waals surface area contributed by atoms with Crippen molar-refractivity contribution in [2.24, 2.45) is 0 Å². The Morgan fingerprint density at radius 1 is 1.25 bits per heavy atom. The minimum absolute atomic E-state index is 1.05. The Labute approximate surface area is 74.8 Å². The molecule has 0 amide bonds. The third kappa shape index (κ3) is 2.17. The molecule has 1 rings (SSSR count). The van der Waals surface area contributed by atoms with Crippen LogP contribution in [0.5, 0.6) is 0 Å². The number of rotatable bonds is 2. The summed E-state index contributed by atoms with van der Waals surface area (Å²) in [5, 5.41) is 8.14. The fraction of sp³-hybridized carbons (Fsp3) is 0.750. The van der Waals surface area contributed by atoms with Crippen molar-refractivity contribution in [3.63, 3.8) is 0 Å². The third-order valence-corrected chi connectivity index (χ3v) is 3.09. The monoisotopic (exact) mass is 183 g/mol. The number of hydrogen-bond acceptors (Lipinski definition) is 2. The molecule has 1 heterocycles. The zero-order chi connectivity index (χ0) is 9.35. The highest BCUT2D eigenvalue weighted by Gasteiger charge is 2.16. The van der Waals surface area contributed by atoms with E-state index < -0.39 is 8.07 Å². The van der Waals surface area contributed by atoms with Gasteiger partial charge in [-0.25, -0.2) is 0 Å². The molecule has 0 unspecified atom stereocenters. The summed E-state index contributed by atoms with van der Waals surface area (Å²) < 4.78 is 2.03. The average molecular weight is 183 g/mol. The van der Waals surface area contributed by atoms with Crippen molar-refractivity contribution in [1.29, 1.82) is 0 Å². The first-order chi connectivity index (χ1) is 5.40. The maximum absolute atomic E-state index is 4.10. The highest BCUT2D eigenvalue weighted by Crippen LogP contribution is 2.07. The normalized spacial score (nSPS) is 12.1. The Balaban J connectivity index is 2.83. The molecule has 0 radical (unpaired) electrons. The lowest BCUT2D eigenvalue weighted by Crippen LogP contribution is -2.29. The van der Waals surface area contributed by atoms with Gasteiger partial charge in [0.1, 0.15) is 0 Å². The highest BCUT2D eigenvalue weighted by atomic mass is 28.3. The third-order valence-electron chi connectivity index (χ3n) is 1.84. The predicted octanol–water partition coefficient (Wildman–Crippen LogP) is 1.77. The van der Waals surface area contributed by atoms with Gasteiger partial charge < -0.3 is 0 Å². The topological polar surface area (TPSA) is 30.7 Å². The molecule has 0 aliphatic carbocycles. The maximum Gasteiger partial charge on any atom is 0.0825 e. The van der Waals surface area contributed by atoms with Crippen LogP contribution >= 0.6 is 0 Å². The van der Waals surface area contributed by atoms with E-state index in [4.69, 9.17) is 0 Å². The molecule has 0 N–H and O–H groups in total. The Hall–Kier alpha value is -0.643. The summed E-state index contributed by atoms with van der Waals surface area (Å²) >= 11 is 0. The van der Waals surface area contributed by atoms with Crippen LogP contribution in [0.1, 0.15) is 11.4 Å². The Morgan fingerprint density at radius 3 is 2.17 bits per heavy atom. The minimum Gasteiger partial charge on any atom is -0.252 e. The summed E-state index contributed by atoms with van der Waals surface area (Å²) in [6, 6.07) is 0. The van der Waals surface area contributed by atoms with Crippen LogP contribution in [0.25, 0.3) is 0 Å². The van der Waals surface area contributed by atoms with E-state index in [1.165, 1.54) is 5.69 Å². The summed E-state index contributed by atoms with van der Waals surface area (Å²) in [7, 11) is -1.06. The molecule has 0 saturated heterocycles. The molecular weight excluding hydrogens is 166 g/mol. The van der Waals surface area contributed by atoms with Crippen molar-refractivity contribution >= 4 is 8.07 Å². The molecular formula is C8H17N3Si. The van der Waals surface area contributed by atoms with Crippen molar-refractivity contribution < 1.29 is 0 Å². The number of nitrogens with zero attached hydrogens (tertiary/aromatic N) is 3. The van der Waals surface area contributed by atoms with Crippen molar-refractivity contribution in [3.8, 4) is 0 Å². The van der Waals surface area contributed by atoms with Gasteiger partial charge in [-0.15, -0.1) is 5.10 Å². The van der Waals surface area contributed by atoms with Gasteiger partial charge in [0, 0.05) is 6.17 Å². The van der Waals surface area contributed by atoms with E-state index >= 15 is 0 Å². The molecule has 0 fully saturated rings. The smallest absolute Gasteiger partial charge is 0.0825 e. The molecule has 1 aromatic heterocycles. The van der Waals surface area contributed by atoms with Gasteiger partial charge in [0.15, 0.2) is 0 Å². The molecule has 0 aliphatic heterocycles. The van der Waals surface area contributed by atoms with Crippen LogP contribution in [0.3, 0.4) is 0 Å². The molecule has 1 aromatic rings. The van der Waals surface area contributed by atoms with E-state index in [0.717, 1.165) is 11.9 Å². The standard InChI is InChI=1S/C8H17N3Si/c1-7-8(2)11(10-9-7)6-12(3,4)5/h6H2,1-5H3. The summed E-state index contributed by atoms with van der Waals surface area (Å²) in [5.74, 6) is 0. The van der Waals surface area contributed by atoms with Gasteiger partial charge >= 0.3 is 0 Å². The van der Waals surface area contributed by atoms with Gasteiger partial charge in [0.25, 0.3) is 0 Å². The van der Waals surface area contributed by atoms with Gasteiger partial charge in [-0.05, 0) is 13.8 Å². The molecule has 68 valence electrons. The van der Waals surface area contributed by atoms with E-state index in [2.05, 4.69) is 36.9 Å². The Kier molecular flexibility index (Phi) is 2.37. The molecule has 0 saturated carbocycles. The summed E-state index contributed by atoms with van der Waals surface area (Å²) in [4.78, 5) is 0. The van der Waals surface area contributed by atoms with Gasteiger partial charge in [0.05, 0.1) is 19.5 Å². The van der Waals surface area contributed by atoms with E-state index in [-0.39, 0.29) is 0 Å². The Bertz CT molecular complexity index is 272. The molecule has 0 aliphatic rings. The fourth-order valence-electron chi connectivity index (χ4n) is 1.05. The molecule has 4 heteroatoms. The van der Waals surface area contributed by atoms with Crippen LogP contribution in [0.2, 0.25) is 19.6 Å². The second kappa shape index (κ2) is 3.01. The van der Waals surface area contributed by atoms with E-state index in [0.29, 0.717) is 0 Å². The number of aromatic nitrogens is 3. The highest BCUT2D eigenvalue weighted by molar-refractivity contribution is 6.74. The molecule has 0 bridgehead atoms. The van der Waals surface area contributed by atoms with Gasteiger partial charge in [0.2, 0.25) is 0 Å². The second-order valence-electron chi connectivity index (χ2n) is 4.48. The molecule has 0 spiro atoms. The van der Waals surface area contributed by atoms with Crippen LogP contribution in [-0.4, -0.2) is 23.1 Å². The lowest BCUT2D eigenvalue weighted by molar-refractivity contribution is 0.663. The predicted molar refractivity (Wildman–Crippen MR) is 52.8 cm³/mol.